The minimum atomic E-state index is -0.654. The lowest BCUT2D eigenvalue weighted by molar-refractivity contribution is -0.118. The van der Waals surface area contributed by atoms with Crippen LogP contribution in [0.5, 0.6) is 0 Å². The number of amides is 2. The van der Waals surface area contributed by atoms with Gasteiger partial charge in [-0.1, -0.05) is 11.6 Å². The van der Waals surface area contributed by atoms with E-state index in [0.29, 0.717) is 42.5 Å². The lowest BCUT2D eigenvalue weighted by Crippen LogP contribution is -2.44. The van der Waals surface area contributed by atoms with Gasteiger partial charge in [-0.25, -0.2) is 9.78 Å². The predicted octanol–water partition coefficient (Wildman–Crippen LogP) is 2.03. The number of halogens is 1. The summed E-state index contributed by atoms with van der Waals surface area (Å²) in [7, 11) is 0. The molecule has 0 aromatic carbocycles. The number of pyridine rings is 1. The predicted molar refractivity (Wildman–Crippen MR) is 101 cm³/mol. The van der Waals surface area contributed by atoms with Gasteiger partial charge in [-0.05, 0) is 33.3 Å². The van der Waals surface area contributed by atoms with Crippen LogP contribution in [0.15, 0.2) is 12.3 Å². The number of hydrogen-bond acceptors (Lipinski definition) is 6. The van der Waals surface area contributed by atoms with Gasteiger partial charge in [-0.15, -0.1) is 0 Å². The van der Waals surface area contributed by atoms with E-state index < -0.39 is 17.7 Å². The summed E-state index contributed by atoms with van der Waals surface area (Å²) in [4.78, 5) is 30.8. The Balaban J connectivity index is 1.77. The van der Waals surface area contributed by atoms with Gasteiger partial charge >= 0.3 is 6.09 Å². The molecular weight excluding hydrogens is 372 g/mol. The highest BCUT2D eigenvalue weighted by molar-refractivity contribution is 6.31. The van der Waals surface area contributed by atoms with Crippen molar-refractivity contribution in [1.82, 2.24) is 15.6 Å². The molecule has 0 radical (unpaired) electrons. The van der Waals surface area contributed by atoms with E-state index in [1.165, 1.54) is 0 Å². The van der Waals surface area contributed by atoms with E-state index in [1.54, 1.807) is 37.9 Å². The topological polar surface area (TPSA) is 92.8 Å². The minimum absolute atomic E-state index is 0.236. The van der Waals surface area contributed by atoms with E-state index in [2.05, 4.69) is 15.6 Å². The summed E-state index contributed by atoms with van der Waals surface area (Å²) < 4.78 is 11.1. The summed E-state index contributed by atoms with van der Waals surface area (Å²) in [6.45, 7) is 7.68. The summed E-state index contributed by atoms with van der Waals surface area (Å²) in [5, 5.41) is 6.40. The first-order chi connectivity index (χ1) is 12.8. The molecule has 1 aromatic heterocycles. The third-order valence-corrected chi connectivity index (χ3v) is 4.65. The van der Waals surface area contributed by atoms with Crippen LogP contribution in [-0.2, 0) is 14.3 Å². The molecule has 0 saturated carbocycles. The molecule has 27 heavy (non-hydrogen) atoms. The summed E-state index contributed by atoms with van der Waals surface area (Å²) in [5.41, 5.74) is 0.0657. The van der Waals surface area contributed by atoms with Gasteiger partial charge in [0.2, 0.25) is 0 Å². The number of morpholine rings is 1. The molecule has 1 aromatic rings. The van der Waals surface area contributed by atoms with Gasteiger partial charge in [-0.3, -0.25) is 9.69 Å². The Kier molecular flexibility index (Phi) is 5.88. The van der Waals surface area contributed by atoms with Crippen LogP contribution < -0.4 is 15.5 Å². The number of carbonyl (C=O) groups is 2. The third kappa shape index (κ3) is 4.69. The molecule has 2 saturated heterocycles. The monoisotopic (exact) mass is 396 g/mol. The Morgan fingerprint density at radius 1 is 1.48 bits per heavy atom. The van der Waals surface area contributed by atoms with Gasteiger partial charge in [0.25, 0.3) is 5.91 Å². The number of aromatic nitrogens is 1. The van der Waals surface area contributed by atoms with Gasteiger partial charge in [0.1, 0.15) is 17.5 Å². The Labute approximate surface area is 163 Å². The van der Waals surface area contributed by atoms with Crippen LogP contribution in [-0.4, -0.2) is 54.9 Å². The molecule has 2 amide bonds. The van der Waals surface area contributed by atoms with E-state index in [0.717, 1.165) is 6.54 Å². The molecule has 9 heteroatoms. The fraction of sp³-hybridized carbons (Fsp3) is 0.611. The van der Waals surface area contributed by atoms with Gasteiger partial charge in [0, 0.05) is 31.4 Å². The summed E-state index contributed by atoms with van der Waals surface area (Å²) >= 11 is 6.41. The molecule has 3 rings (SSSR count). The number of nitrogens with zero attached hydrogens (tertiary/aromatic N) is 2. The number of alkyl carbamates (subject to hydrolysis) is 1. The third-order valence-electron chi connectivity index (χ3n) is 4.32. The van der Waals surface area contributed by atoms with Crippen molar-refractivity contribution in [1.29, 1.82) is 0 Å². The summed E-state index contributed by atoms with van der Waals surface area (Å²) in [6, 6.07) is 1.04. The Bertz CT molecular complexity index is 716. The molecule has 2 fully saturated rings. The molecule has 3 heterocycles. The molecule has 0 aliphatic carbocycles. The van der Waals surface area contributed by atoms with Gasteiger partial charge in [-0.2, -0.15) is 0 Å². The summed E-state index contributed by atoms with van der Waals surface area (Å²) in [6.07, 6.45) is 1.15. The second-order valence-corrected chi connectivity index (χ2v) is 7.98. The average molecular weight is 397 g/mol. The highest BCUT2D eigenvalue weighted by atomic mass is 35.5. The normalized spacial score (nSPS) is 23.4. The summed E-state index contributed by atoms with van der Waals surface area (Å²) in [5.74, 6) is 0.246. The zero-order valence-electron chi connectivity index (χ0n) is 15.8. The molecule has 2 aliphatic heterocycles. The lowest BCUT2D eigenvalue weighted by Gasteiger charge is -2.28. The van der Waals surface area contributed by atoms with Crippen molar-refractivity contribution in [2.45, 2.75) is 44.9 Å². The average Bonchev–Trinajstić information content (AvgIpc) is 2.94. The molecule has 2 aliphatic rings. The molecule has 0 bridgehead atoms. The maximum Gasteiger partial charge on any atom is 0.408 e. The number of carbonyl (C=O) groups excluding carboxylic acids is 2. The number of rotatable bonds is 3. The first kappa shape index (κ1) is 19.9. The molecule has 2 atom stereocenters. The van der Waals surface area contributed by atoms with Crippen LogP contribution in [0.1, 0.15) is 38.9 Å². The van der Waals surface area contributed by atoms with Gasteiger partial charge in [0.15, 0.2) is 0 Å². The van der Waals surface area contributed by atoms with Gasteiger partial charge in [0.05, 0.1) is 17.7 Å². The Morgan fingerprint density at radius 3 is 2.93 bits per heavy atom. The van der Waals surface area contributed by atoms with Gasteiger partial charge < -0.3 is 20.1 Å². The smallest absolute Gasteiger partial charge is 0.408 e. The van der Waals surface area contributed by atoms with Crippen LogP contribution in [0, 0.1) is 0 Å². The van der Waals surface area contributed by atoms with E-state index in [-0.39, 0.29) is 12.0 Å². The molecule has 8 nitrogen and oxygen atoms in total. The van der Waals surface area contributed by atoms with Crippen LogP contribution in [0.3, 0.4) is 0 Å². The van der Waals surface area contributed by atoms with Crippen molar-refractivity contribution < 1.29 is 19.1 Å². The van der Waals surface area contributed by atoms with Crippen LogP contribution in [0.25, 0.3) is 0 Å². The van der Waals surface area contributed by atoms with Crippen molar-refractivity contribution in [3.63, 3.8) is 0 Å². The van der Waals surface area contributed by atoms with Crippen molar-refractivity contribution in [3.8, 4) is 0 Å². The zero-order chi connectivity index (χ0) is 19.6. The zero-order valence-corrected chi connectivity index (χ0v) is 16.5. The molecule has 148 valence electrons. The highest BCUT2D eigenvalue weighted by Crippen LogP contribution is 2.35. The molecule has 2 N–H and O–H groups in total. The minimum Gasteiger partial charge on any atom is -0.444 e. The first-order valence-electron chi connectivity index (χ1n) is 9.04. The maximum atomic E-state index is 12.9. The van der Waals surface area contributed by atoms with Crippen molar-refractivity contribution in [2.75, 3.05) is 31.1 Å². The standard InChI is InChI=1S/C18H25ClN4O4/c1-18(2,3)27-17(25)22-12-5-8-23(16(12)24)15-14(11(19)4-6-21-15)13-10-20-7-9-26-13/h4,6,12-13,20H,5,7-10H2,1-3H3,(H,22,25). The van der Waals surface area contributed by atoms with Crippen LogP contribution in [0.4, 0.5) is 10.6 Å². The van der Waals surface area contributed by atoms with Crippen LogP contribution >= 0.6 is 11.6 Å². The first-order valence-corrected chi connectivity index (χ1v) is 9.41. The quantitative estimate of drug-likeness (QED) is 0.812. The molecule has 0 spiro atoms. The van der Waals surface area contributed by atoms with E-state index in [9.17, 15) is 9.59 Å². The van der Waals surface area contributed by atoms with E-state index in [4.69, 9.17) is 21.1 Å². The maximum absolute atomic E-state index is 12.9. The number of ether oxygens (including phenoxy) is 2. The molecule has 2 unspecified atom stereocenters. The van der Waals surface area contributed by atoms with Crippen LogP contribution in [0.2, 0.25) is 5.02 Å². The highest BCUT2D eigenvalue weighted by Gasteiger charge is 2.38. The van der Waals surface area contributed by atoms with E-state index in [1.807, 2.05) is 0 Å². The lowest BCUT2D eigenvalue weighted by atomic mass is 10.1. The Hall–Kier alpha value is -1.90. The second-order valence-electron chi connectivity index (χ2n) is 7.57. The largest absolute Gasteiger partial charge is 0.444 e. The number of nitrogens with one attached hydrogen (secondary N) is 2. The van der Waals surface area contributed by atoms with E-state index >= 15 is 0 Å². The fourth-order valence-corrected chi connectivity index (χ4v) is 3.44. The number of hydrogen-bond donors (Lipinski definition) is 2. The fourth-order valence-electron chi connectivity index (χ4n) is 3.18. The Morgan fingerprint density at radius 2 is 2.26 bits per heavy atom. The molecular formula is C18H25ClN4O4. The van der Waals surface area contributed by atoms with Crippen molar-refractivity contribution in [2.24, 2.45) is 0 Å². The SMILES string of the molecule is CC(C)(C)OC(=O)NC1CCN(c2nccc(Cl)c2C2CNCCO2)C1=O. The van der Waals surface area contributed by atoms with Crippen molar-refractivity contribution >= 4 is 29.4 Å². The number of anilines is 1. The van der Waals surface area contributed by atoms with Crippen molar-refractivity contribution in [3.05, 3.63) is 22.8 Å². The second kappa shape index (κ2) is 8.00.